The van der Waals surface area contributed by atoms with Crippen LogP contribution in [0, 0.1) is 0 Å². The van der Waals surface area contributed by atoms with E-state index in [0.717, 1.165) is 0 Å². The highest BCUT2D eigenvalue weighted by atomic mass is 19.4. The molecule has 0 bridgehead atoms. The number of hydrogen-bond acceptors (Lipinski definition) is 7. The highest BCUT2D eigenvalue weighted by Crippen LogP contribution is 2.53. The molecule has 6 rings (SSSR count). The maximum Gasteiger partial charge on any atom is 0.442 e. The molecule has 0 spiro atoms. The predicted molar refractivity (Wildman–Crippen MR) is 120 cm³/mol. The molecule has 0 fully saturated rings. The van der Waals surface area contributed by atoms with Crippen LogP contribution in [-0.2, 0) is 11.3 Å². The van der Waals surface area contributed by atoms with Gasteiger partial charge < -0.3 is 9.47 Å². The van der Waals surface area contributed by atoms with Crippen molar-refractivity contribution in [3.63, 3.8) is 0 Å². The summed E-state index contributed by atoms with van der Waals surface area (Å²) in [7, 11) is 0. The summed E-state index contributed by atoms with van der Waals surface area (Å²) in [6.45, 7) is 0. The van der Waals surface area contributed by atoms with Gasteiger partial charge in [-0.2, -0.15) is 26.3 Å². The number of alkyl halides is 6. The van der Waals surface area contributed by atoms with Crippen LogP contribution >= 0.6 is 0 Å². The molecule has 38 heavy (non-hydrogen) atoms. The second-order valence-electron chi connectivity index (χ2n) is 8.52. The third-order valence-corrected chi connectivity index (χ3v) is 6.00. The lowest BCUT2D eigenvalue weighted by atomic mass is 10.0. The molecule has 0 radical (unpaired) electrons. The third-order valence-electron chi connectivity index (χ3n) is 6.00. The van der Waals surface area contributed by atoms with Gasteiger partial charge in [0.2, 0.25) is 0 Å². The Hall–Kier alpha value is -4.55. The van der Waals surface area contributed by atoms with Crippen molar-refractivity contribution in [2.24, 2.45) is 20.5 Å². The van der Waals surface area contributed by atoms with Crippen molar-refractivity contribution in [3.05, 3.63) is 90.1 Å². The SMILES string of the molecule is FC(F)(F)C1(c2ccc(Oc3ccc4ncc(Oc5ccc(C6(C(F)(F)F)N=N6)cc5)cc4c3)cc2)N=N1. The number of halogens is 6. The van der Waals surface area contributed by atoms with Crippen molar-refractivity contribution in [2.45, 2.75) is 23.7 Å². The Morgan fingerprint density at radius 3 is 1.39 bits per heavy atom. The molecule has 192 valence electrons. The van der Waals surface area contributed by atoms with Gasteiger partial charge in [-0.3, -0.25) is 4.98 Å². The predicted octanol–water partition coefficient (Wildman–Crippen LogP) is 8.18. The minimum absolute atomic E-state index is 0.107. The van der Waals surface area contributed by atoms with Gasteiger partial charge >= 0.3 is 23.7 Å². The number of nitrogens with zero attached hydrogens (tertiary/aromatic N) is 5. The van der Waals surface area contributed by atoms with Crippen molar-refractivity contribution in [1.29, 1.82) is 0 Å². The quantitative estimate of drug-likeness (QED) is 0.236. The van der Waals surface area contributed by atoms with Crippen molar-refractivity contribution in [2.75, 3.05) is 0 Å². The van der Waals surface area contributed by atoms with Crippen LogP contribution < -0.4 is 9.47 Å². The van der Waals surface area contributed by atoms with E-state index in [-0.39, 0.29) is 16.9 Å². The third kappa shape index (κ3) is 3.99. The summed E-state index contributed by atoms with van der Waals surface area (Å²) in [6.07, 6.45) is -7.77. The van der Waals surface area contributed by atoms with E-state index < -0.39 is 23.7 Å². The first-order valence-electron chi connectivity index (χ1n) is 11.0. The number of pyridine rings is 1. The summed E-state index contributed by atoms with van der Waals surface area (Å²) in [5.41, 5.74) is -4.61. The summed E-state index contributed by atoms with van der Waals surface area (Å²) >= 11 is 0. The number of aromatic nitrogens is 1. The fourth-order valence-corrected chi connectivity index (χ4v) is 3.88. The molecule has 13 heteroatoms. The molecule has 3 heterocycles. The molecular weight excluding hydrogens is 516 g/mol. The number of rotatable bonds is 6. The van der Waals surface area contributed by atoms with E-state index in [0.29, 0.717) is 28.2 Å². The normalized spacial score (nSPS) is 16.9. The van der Waals surface area contributed by atoms with Crippen molar-refractivity contribution in [1.82, 2.24) is 4.98 Å². The smallest absolute Gasteiger partial charge is 0.442 e. The maximum absolute atomic E-state index is 13.2. The van der Waals surface area contributed by atoms with Crippen molar-refractivity contribution in [3.8, 4) is 23.0 Å². The Morgan fingerprint density at radius 2 is 0.947 bits per heavy atom. The number of hydrogen-bond donors (Lipinski definition) is 0. The summed E-state index contributed by atoms with van der Waals surface area (Å²) in [4.78, 5) is 4.31. The van der Waals surface area contributed by atoms with Crippen LogP contribution in [0.3, 0.4) is 0 Å². The largest absolute Gasteiger partial charge is 0.457 e. The Balaban J connectivity index is 1.17. The number of fused-ring (bicyclic) bond motifs is 1. The van der Waals surface area contributed by atoms with Gasteiger partial charge in [-0.25, -0.2) is 0 Å². The first-order chi connectivity index (χ1) is 18.0. The van der Waals surface area contributed by atoms with E-state index in [1.165, 1.54) is 54.7 Å². The number of benzene rings is 3. The van der Waals surface area contributed by atoms with E-state index in [9.17, 15) is 26.3 Å². The lowest BCUT2D eigenvalue weighted by Gasteiger charge is -2.15. The van der Waals surface area contributed by atoms with Gasteiger partial charge in [-0.1, -0.05) is 24.3 Å². The molecule has 0 amide bonds. The van der Waals surface area contributed by atoms with Gasteiger partial charge in [0.05, 0.1) is 11.7 Å². The molecule has 0 aliphatic carbocycles. The summed E-state index contributed by atoms with van der Waals surface area (Å²) in [6, 6.07) is 17.2. The highest BCUT2D eigenvalue weighted by molar-refractivity contribution is 5.81. The first kappa shape index (κ1) is 23.8. The number of ether oxygens (including phenoxy) is 2. The van der Waals surface area contributed by atoms with Crippen LogP contribution in [0.15, 0.2) is 99.5 Å². The Kier molecular flexibility index (Phi) is 5.00. The van der Waals surface area contributed by atoms with Gasteiger partial charge in [0.25, 0.3) is 0 Å². The zero-order valence-corrected chi connectivity index (χ0v) is 18.8. The Bertz CT molecular complexity index is 1470. The molecule has 2 aliphatic heterocycles. The second kappa shape index (κ2) is 7.97. The molecule has 7 nitrogen and oxygen atoms in total. The van der Waals surface area contributed by atoms with E-state index in [1.54, 1.807) is 24.3 Å². The molecule has 0 atom stereocenters. The molecule has 3 aromatic carbocycles. The maximum atomic E-state index is 13.2. The average Bonchev–Trinajstić information content (AvgIpc) is 3.78. The van der Waals surface area contributed by atoms with Crippen LogP contribution in [-0.4, -0.2) is 17.3 Å². The zero-order valence-electron chi connectivity index (χ0n) is 18.8. The van der Waals surface area contributed by atoms with Gasteiger partial charge in [-0.05, 0) is 48.5 Å². The highest BCUT2D eigenvalue weighted by Gasteiger charge is 2.65. The average molecular weight is 529 g/mol. The molecular formula is C25H13F6N5O2. The zero-order chi connectivity index (χ0) is 26.8. The van der Waals surface area contributed by atoms with Crippen LogP contribution in [0.4, 0.5) is 26.3 Å². The Morgan fingerprint density at radius 1 is 0.526 bits per heavy atom. The summed E-state index contributed by atoms with van der Waals surface area (Å²) in [5, 5.41) is 13.3. The molecule has 4 aromatic rings. The summed E-state index contributed by atoms with van der Waals surface area (Å²) < 4.78 is 90.6. The standard InChI is InChI=1S/C25H13F6N5O2/c26-24(27,28)22(33-34-22)15-1-5-17(6-2-15)37-19-9-10-21-14(11-19)12-20(13-32-21)38-18-7-3-16(4-8-18)23(35-36-23)25(29,30)31/h1-13H. The van der Waals surface area contributed by atoms with E-state index in [1.807, 2.05) is 0 Å². The van der Waals surface area contributed by atoms with Crippen LogP contribution in [0.5, 0.6) is 23.0 Å². The summed E-state index contributed by atoms with van der Waals surface area (Å²) in [5.74, 6) is 1.31. The second-order valence-corrected chi connectivity index (χ2v) is 8.52. The first-order valence-corrected chi connectivity index (χ1v) is 11.0. The molecule has 1 aromatic heterocycles. The molecule has 2 aliphatic rings. The minimum atomic E-state index is -4.62. The van der Waals surface area contributed by atoms with Gasteiger partial charge in [-0.15, -0.1) is 20.5 Å². The van der Waals surface area contributed by atoms with Crippen LogP contribution in [0.1, 0.15) is 11.1 Å². The fraction of sp³-hybridized carbons (Fsp3) is 0.160. The van der Waals surface area contributed by atoms with Gasteiger partial charge in [0, 0.05) is 16.5 Å². The molecule has 0 unspecified atom stereocenters. The van der Waals surface area contributed by atoms with Crippen molar-refractivity contribution < 1.29 is 35.8 Å². The topological polar surface area (TPSA) is 80.8 Å². The van der Waals surface area contributed by atoms with Gasteiger partial charge in [0.15, 0.2) is 0 Å². The lowest BCUT2D eigenvalue weighted by Crippen LogP contribution is -2.29. The van der Waals surface area contributed by atoms with E-state index in [4.69, 9.17) is 9.47 Å². The molecule has 0 saturated heterocycles. The van der Waals surface area contributed by atoms with Crippen LogP contribution in [0.25, 0.3) is 10.9 Å². The fourth-order valence-electron chi connectivity index (χ4n) is 3.88. The Labute approximate surface area is 209 Å². The van der Waals surface area contributed by atoms with Crippen molar-refractivity contribution >= 4 is 10.9 Å². The lowest BCUT2D eigenvalue weighted by molar-refractivity contribution is -0.166. The minimum Gasteiger partial charge on any atom is -0.457 e. The molecule has 0 saturated carbocycles. The molecule has 0 N–H and O–H groups in total. The van der Waals surface area contributed by atoms with Crippen LogP contribution in [0.2, 0.25) is 0 Å². The van der Waals surface area contributed by atoms with Gasteiger partial charge in [0.1, 0.15) is 23.0 Å². The van der Waals surface area contributed by atoms with E-state index in [2.05, 4.69) is 25.4 Å². The monoisotopic (exact) mass is 529 g/mol. The van der Waals surface area contributed by atoms with E-state index >= 15 is 0 Å².